The van der Waals surface area contributed by atoms with Gasteiger partial charge in [-0.1, -0.05) is 6.58 Å². The van der Waals surface area contributed by atoms with Crippen molar-refractivity contribution in [2.75, 3.05) is 7.05 Å². The molecule has 0 atom stereocenters. The SMILES string of the molecule is C=C(CCC#N)NC. The third-order valence-electron chi connectivity index (χ3n) is 0.892. The molecule has 0 rings (SSSR count). The topological polar surface area (TPSA) is 35.8 Å². The highest BCUT2D eigenvalue weighted by Crippen LogP contribution is 1.93. The van der Waals surface area contributed by atoms with Gasteiger partial charge in [-0.05, 0) is 6.42 Å². The zero-order valence-corrected chi connectivity index (χ0v) is 5.07. The molecule has 0 aliphatic carbocycles. The van der Waals surface area contributed by atoms with E-state index in [0.29, 0.717) is 6.42 Å². The van der Waals surface area contributed by atoms with Crippen LogP contribution in [0.3, 0.4) is 0 Å². The van der Waals surface area contributed by atoms with Crippen LogP contribution in [0, 0.1) is 11.3 Å². The van der Waals surface area contributed by atoms with Crippen molar-refractivity contribution in [2.45, 2.75) is 12.8 Å². The summed E-state index contributed by atoms with van der Waals surface area (Å²) < 4.78 is 0. The van der Waals surface area contributed by atoms with Crippen LogP contribution in [0.4, 0.5) is 0 Å². The zero-order valence-electron chi connectivity index (χ0n) is 5.07. The van der Waals surface area contributed by atoms with E-state index < -0.39 is 0 Å². The summed E-state index contributed by atoms with van der Waals surface area (Å²) in [6.45, 7) is 3.65. The highest BCUT2D eigenvalue weighted by Gasteiger charge is 1.85. The van der Waals surface area contributed by atoms with E-state index in [4.69, 9.17) is 5.26 Å². The third-order valence-corrected chi connectivity index (χ3v) is 0.892. The Morgan fingerprint density at radius 3 is 2.88 bits per heavy atom. The largest absolute Gasteiger partial charge is 0.392 e. The van der Waals surface area contributed by atoms with Gasteiger partial charge in [0.05, 0.1) is 6.07 Å². The average molecular weight is 110 g/mol. The highest BCUT2D eigenvalue weighted by atomic mass is 14.8. The molecule has 0 aromatic carbocycles. The maximum atomic E-state index is 8.09. The van der Waals surface area contributed by atoms with Crippen LogP contribution in [0.1, 0.15) is 12.8 Å². The number of nitrogens with zero attached hydrogens (tertiary/aromatic N) is 1. The lowest BCUT2D eigenvalue weighted by atomic mass is 10.3. The van der Waals surface area contributed by atoms with Crippen molar-refractivity contribution in [3.8, 4) is 6.07 Å². The predicted molar refractivity (Wildman–Crippen MR) is 33.0 cm³/mol. The van der Waals surface area contributed by atoms with Crippen LogP contribution in [-0.2, 0) is 0 Å². The van der Waals surface area contributed by atoms with Gasteiger partial charge in [0.25, 0.3) is 0 Å². The normalized spacial score (nSPS) is 7.50. The second-order valence-corrected chi connectivity index (χ2v) is 1.51. The molecule has 1 N–H and O–H groups in total. The summed E-state index contributed by atoms with van der Waals surface area (Å²) in [7, 11) is 1.81. The molecule has 0 saturated carbocycles. The van der Waals surface area contributed by atoms with Crippen LogP contribution in [0.5, 0.6) is 0 Å². The lowest BCUT2D eigenvalue weighted by Crippen LogP contribution is -2.02. The van der Waals surface area contributed by atoms with Crippen molar-refractivity contribution in [3.63, 3.8) is 0 Å². The molecule has 0 aromatic rings. The molecule has 0 aliphatic rings. The number of nitrogens with one attached hydrogen (secondary N) is 1. The van der Waals surface area contributed by atoms with Gasteiger partial charge in [-0.3, -0.25) is 0 Å². The molecule has 0 fully saturated rings. The second-order valence-electron chi connectivity index (χ2n) is 1.51. The Morgan fingerprint density at radius 1 is 1.88 bits per heavy atom. The van der Waals surface area contributed by atoms with Crippen LogP contribution < -0.4 is 5.32 Å². The number of hydrogen-bond donors (Lipinski definition) is 1. The Balaban J connectivity index is 3.15. The molecule has 44 valence electrons. The third kappa shape index (κ3) is 3.23. The lowest BCUT2D eigenvalue weighted by Gasteiger charge is -1.97. The van der Waals surface area contributed by atoms with E-state index in [1.807, 2.05) is 6.07 Å². The molecular weight excluding hydrogens is 100 g/mol. The van der Waals surface area contributed by atoms with Crippen molar-refractivity contribution in [1.82, 2.24) is 5.32 Å². The fraction of sp³-hybridized carbons (Fsp3) is 0.500. The van der Waals surface area contributed by atoms with Crippen LogP contribution in [0.15, 0.2) is 12.3 Å². The molecule has 2 nitrogen and oxygen atoms in total. The van der Waals surface area contributed by atoms with Crippen molar-refractivity contribution >= 4 is 0 Å². The molecule has 2 heteroatoms. The summed E-state index contributed by atoms with van der Waals surface area (Å²) in [4.78, 5) is 0. The molecule has 8 heavy (non-hydrogen) atoms. The fourth-order valence-electron chi connectivity index (χ4n) is 0.332. The number of hydrogen-bond acceptors (Lipinski definition) is 2. The van der Waals surface area contributed by atoms with Gasteiger partial charge in [0.1, 0.15) is 0 Å². The summed E-state index contributed by atoms with van der Waals surface area (Å²) in [6.07, 6.45) is 1.31. The van der Waals surface area contributed by atoms with Gasteiger partial charge in [0, 0.05) is 19.2 Å². The van der Waals surface area contributed by atoms with Crippen LogP contribution in [0.2, 0.25) is 0 Å². The monoisotopic (exact) mass is 110 g/mol. The minimum Gasteiger partial charge on any atom is -0.392 e. The van der Waals surface area contributed by atoms with E-state index >= 15 is 0 Å². The first-order valence-corrected chi connectivity index (χ1v) is 2.53. The molecule has 0 unspecified atom stereocenters. The molecule has 0 spiro atoms. The van der Waals surface area contributed by atoms with Gasteiger partial charge in [0.2, 0.25) is 0 Å². The van der Waals surface area contributed by atoms with Crippen LogP contribution >= 0.6 is 0 Å². The maximum absolute atomic E-state index is 8.09. The minimum atomic E-state index is 0.555. The Kier molecular flexibility index (Phi) is 3.69. The Labute approximate surface area is 49.8 Å². The van der Waals surface area contributed by atoms with Crippen LogP contribution in [-0.4, -0.2) is 7.05 Å². The molecule has 0 bridgehead atoms. The van der Waals surface area contributed by atoms with E-state index in [-0.39, 0.29) is 0 Å². The van der Waals surface area contributed by atoms with Crippen molar-refractivity contribution in [1.29, 1.82) is 5.26 Å². The molecule has 0 aliphatic heterocycles. The van der Waals surface area contributed by atoms with Crippen LogP contribution in [0.25, 0.3) is 0 Å². The fourth-order valence-corrected chi connectivity index (χ4v) is 0.332. The number of rotatable bonds is 3. The predicted octanol–water partition coefficient (Wildman–Crippen LogP) is 1.02. The van der Waals surface area contributed by atoms with E-state index in [0.717, 1.165) is 12.1 Å². The Morgan fingerprint density at radius 2 is 2.50 bits per heavy atom. The first-order valence-electron chi connectivity index (χ1n) is 2.53. The van der Waals surface area contributed by atoms with E-state index in [9.17, 15) is 0 Å². The standard InChI is InChI=1S/C6H10N2/c1-6(8-2)4-3-5-7/h8H,1,3-4H2,2H3. The summed E-state index contributed by atoms with van der Waals surface area (Å²) in [5, 5.41) is 10.9. The summed E-state index contributed by atoms with van der Waals surface area (Å²) in [5.74, 6) is 0. The van der Waals surface area contributed by atoms with Crippen molar-refractivity contribution in [2.24, 2.45) is 0 Å². The quantitative estimate of drug-likeness (QED) is 0.588. The molecule has 0 radical (unpaired) electrons. The Bertz CT molecular complexity index is 110. The average Bonchev–Trinajstić information content (AvgIpc) is 1.83. The van der Waals surface area contributed by atoms with Gasteiger partial charge >= 0.3 is 0 Å². The molecule has 0 heterocycles. The molecular formula is C6H10N2. The van der Waals surface area contributed by atoms with Gasteiger partial charge < -0.3 is 5.32 Å². The molecule has 0 aromatic heterocycles. The van der Waals surface area contributed by atoms with Crippen molar-refractivity contribution in [3.05, 3.63) is 12.3 Å². The first kappa shape index (κ1) is 7.03. The first-order chi connectivity index (χ1) is 3.81. The smallest absolute Gasteiger partial charge is 0.0625 e. The van der Waals surface area contributed by atoms with Gasteiger partial charge in [-0.25, -0.2) is 0 Å². The van der Waals surface area contributed by atoms with Crippen molar-refractivity contribution < 1.29 is 0 Å². The zero-order chi connectivity index (χ0) is 6.41. The Hall–Kier alpha value is -0.970. The van der Waals surface area contributed by atoms with E-state index in [2.05, 4.69) is 11.9 Å². The minimum absolute atomic E-state index is 0.555. The van der Waals surface area contributed by atoms with E-state index in [1.165, 1.54) is 0 Å². The summed E-state index contributed by atoms with van der Waals surface area (Å²) in [6, 6.07) is 2.03. The van der Waals surface area contributed by atoms with Gasteiger partial charge in [-0.15, -0.1) is 0 Å². The van der Waals surface area contributed by atoms with E-state index in [1.54, 1.807) is 7.05 Å². The van der Waals surface area contributed by atoms with Gasteiger partial charge in [-0.2, -0.15) is 5.26 Å². The highest BCUT2D eigenvalue weighted by molar-refractivity contribution is 4.92. The lowest BCUT2D eigenvalue weighted by molar-refractivity contribution is 0.864. The summed E-state index contributed by atoms with van der Waals surface area (Å²) >= 11 is 0. The summed E-state index contributed by atoms with van der Waals surface area (Å²) in [5.41, 5.74) is 0.923. The second kappa shape index (κ2) is 4.20. The number of nitriles is 1. The van der Waals surface area contributed by atoms with Gasteiger partial charge in [0.15, 0.2) is 0 Å². The molecule has 0 saturated heterocycles. The number of allylic oxidation sites excluding steroid dienone is 1. The molecule has 0 amide bonds. The maximum Gasteiger partial charge on any atom is 0.0625 e.